The summed E-state index contributed by atoms with van der Waals surface area (Å²) in [6.07, 6.45) is 18.7. The van der Waals surface area contributed by atoms with Crippen LogP contribution in [-0.2, 0) is 4.74 Å². The fourth-order valence-corrected chi connectivity index (χ4v) is 8.85. The van der Waals surface area contributed by atoms with Gasteiger partial charge in [-0.05, 0) is 97.7 Å². The summed E-state index contributed by atoms with van der Waals surface area (Å²) in [5, 5.41) is 0. The van der Waals surface area contributed by atoms with Crippen LogP contribution in [0.15, 0.2) is 11.6 Å². The van der Waals surface area contributed by atoms with Gasteiger partial charge in [-0.3, -0.25) is 0 Å². The maximum Gasteiger partial charge on any atom is 0.0608 e. The number of ether oxygens (including phenoxy) is 1. The van der Waals surface area contributed by atoms with E-state index in [0.717, 1.165) is 35.5 Å². The Balaban J connectivity index is 1.48. The predicted molar refractivity (Wildman–Crippen MR) is 124 cm³/mol. The van der Waals surface area contributed by atoms with Crippen molar-refractivity contribution >= 4 is 0 Å². The van der Waals surface area contributed by atoms with Crippen molar-refractivity contribution in [1.29, 1.82) is 0 Å². The number of methoxy groups -OCH3 is 1. The van der Waals surface area contributed by atoms with E-state index in [1.165, 1.54) is 70.6 Å². The van der Waals surface area contributed by atoms with Crippen molar-refractivity contribution in [1.82, 2.24) is 0 Å². The Morgan fingerprint density at radius 2 is 1.79 bits per heavy atom. The molecule has 4 aliphatic rings. The summed E-state index contributed by atoms with van der Waals surface area (Å²) in [6, 6.07) is 0. The van der Waals surface area contributed by atoms with Gasteiger partial charge in [0, 0.05) is 7.11 Å². The summed E-state index contributed by atoms with van der Waals surface area (Å²) >= 11 is 0. The van der Waals surface area contributed by atoms with Crippen LogP contribution in [0.1, 0.15) is 105 Å². The van der Waals surface area contributed by atoms with Crippen molar-refractivity contribution in [2.75, 3.05) is 7.11 Å². The monoisotopic (exact) mass is 400 g/mol. The number of hydrogen-bond donors (Lipinski definition) is 0. The highest BCUT2D eigenvalue weighted by Crippen LogP contribution is 2.67. The highest BCUT2D eigenvalue weighted by molar-refractivity contribution is 5.25. The molecule has 3 saturated carbocycles. The van der Waals surface area contributed by atoms with Crippen LogP contribution in [0.5, 0.6) is 0 Å². The first-order chi connectivity index (χ1) is 13.8. The maximum atomic E-state index is 5.75. The number of hydrogen-bond acceptors (Lipinski definition) is 1. The van der Waals surface area contributed by atoms with E-state index in [2.05, 4.69) is 40.7 Å². The van der Waals surface area contributed by atoms with Crippen LogP contribution < -0.4 is 0 Å². The lowest BCUT2D eigenvalue weighted by molar-refractivity contribution is -0.0601. The molecule has 0 aromatic rings. The molecule has 0 heterocycles. The standard InChI is InChI=1S/C28H48O/c1-19(2)8-7-9-20(3)24-12-13-25-23-11-10-21-18-22(29-6)14-16-27(21,4)26(23)15-17-28(24,25)5/h10,19-20,22-26H,7-9,11-18H2,1-6H3/t20-,22+,23-,24+,25-,26-,27-,28+/m0/s1. The molecule has 0 aromatic heterocycles. The van der Waals surface area contributed by atoms with Gasteiger partial charge in [0.1, 0.15) is 0 Å². The molecule has 0 aromatic carbocycles. The molecular formula is C28H48O. The molecule has 0 aliphatic heterocycles. The average Bonchev–Trinajstić information content (AvgIpc) is 3.04. The van der Waals surface area contributed by atoms with Crippen LogP contribution in [0.2, 0.25) is 0 Å². The lowest BCUT2D eigenvalue weighted by atomic mass is 9.47. The zero-order chi connectivity index (χ0) is 20.8. The van der Waals surface area contributed by atoms with Crippen LogP contribution in [0, 0.1) is 46.3 Å². The van der Waals surface area contributed by atoms with Gasteiger partial charge in [0.15, 0.2) is 0 Å². The first-order valence-corrected chi connectivity index (χ1v) is 13.0. The molecule has 0 saturated heterocycles. The highest BCUT2D eigenvalue weighted by Gasteiger charge is 2.59. The van der Waals surface area contributed by atoms with Gasteiger partial charge in [-0.25, -0.2) is 0 Å². The lowest BCUT2D eigenvalue weighted by Crippen LogP contribution is -2.50. The van der Waals surface area contributed by atoms with Gasteiger partial charge in [0.05, 0.1) is 6.10 Å². The molecule has 29 heavy (non-hydrogen) atoms. The van der Waals surface area contributed by atoms with Crippen molar-refractivity contribution in [3.63, 3.8) is 0 Å². The number of fused-ring (bicyclic) bond motifs is 5. The quantitative estimate of drug-likeness (QED) is 0.410. The Morgan fingerprint density at radius 1 is 1.00 bits per heavy atom. The highest BCUT2D eigenvalue weighted by atomic mass is 16.5. The largest absolute Gasteiger partial charge is 0.381 e. The fourth-order valence-electron chi connectivity index (χ4n) is 8.85. The molecule has 0 amide bonds. The summed E-state index contributed by atoms with van der Waals surface area (Å²) in [5.41, 5.74) is 2.85. The molecule has 0 radical (unpaired) electrons. The molecule has 0 spiro atoms. The Morgan fingerprint density at radius 3 is 2.52 bits per heavy atom. The Labute approximate surface area is 181 Å². The van der Waals surface area contributed by atoms with Crippen molar-refractivity contribution in [2.24, 2.45) is 46.3 Å². The normalized spacial score (nSPS) is 45.3. The zero-order valence-corrected chi connectivity index (χ0v) is 20.3. The van der Waals surface area contributed by atoms with Crippen molar-refractivity contribution in [3.05, 3.63) is 11.6 Å². The lowest BCUT2D eigenvalue weighted by Gasteiger charge is -2.58. The molecular weight excluding hydrogens is 352 g/mol. The second-order valence-corrected chi connectivity index (χ2v) is 12.4. The molecule has 1 nitrogen and oxygen atoms in total. The van der Waals surface area contributed by atoms with E-state index < -0.39 is 0 Å². The number of allylic oxidation sites excluding steroid dienone is 1. The van der Waals surface area contributed by atoms with Crippen LogP contribution in [0.25, 0.3) is 0 Å². The average molecular weight is 401 g/mol. The summed E-state index contributed by atoms with van der Waals surface area (Å²) < 4.78 is 5.75. The molecule has 3 fully saturated rings. The van der Waals surface area contributed by atoms with Crippen LogP contribution in [0.4, 0.5) is 0 Å². The third kappa shape index (κ3) is 3.77. The molecule has 166 valence electrons. The van der Waals surface area contributed by atoms with E-state index >= 15 is 0 Å². The zero-order valence-electron chi connectivity index (χ0n) is 20.3. The van der Waals surface area contributed by atoms with Gasteiger partial charge >= 0.3 is 0 Å². The molecule has 0 N–H and O–H groups in total. The van der Waals surface area contributed by atoms with Gasteiger partial charge in [-0.1, -0.05) is 65.5 Å². The second kappa shape index (κ2) is 8.33. The SMILES string of the molecule is CO[C@@H]1CC[C@@]2(C)C(=CC[C@H]3[C@@H]4CC[C@H]([C@@H](C)CCCC(C)C)[C@@]4(C)CC[C@@H]32)C1. The van der Waals surface area contributed by atoms with Gasteiger partial charge in [0.2, 0.25) is 0 Å². The summed E-state index contributed by atoms with van der Waals surface area (Å²) in [4.78, 5) is 0. The Bertz CT molecular complexity index is 605. The Hall–Kier alpha value is -0.300. The predicted octanol–water partition coefficient (Wildman–Crippen LogP) is 8.04. The molecule has 1 heteroatoms. The fraction of sp³-hybridized carbons (Fsp3) is 0.929. The van der Waals surface area contributed by atoms with Gasteiger partial charge in [-0.2, -0.15) is 0 Å². The Kier molecular flexibility index (Phi) is 6.29. The minimum atomic E-state index is 0.472. The first kappa shape index (κ1) is 21.9. The molecule has 4 aliphatic carbocycles. The van der Waals surface area contributed by atoms with Gasteiger partial charge < -0.3 is 4.74 Å². The molecule has 0 unspecified atom stereocenters. The van der Waals surface area contributed by atoms with E-state index in [1.54, 1.807) is 5.57 Å². The summed E-state index contributed by atoms with van der Waals surface area (Å²) in [6.45, 7) is 12.7. The molecule has 4 rings (SSSR count). The minimum Gasteiger partial charge on any atom is -0.381 e. The van der Waals surface area contributed by atoms with E-state index in [1.807, 2.05) is 7.11 Å². The maximum absolute atomic E-state index is 5.75. The van der Waals surface area contributed by atoms with E-state index in [0.29, 0.717) is 16.9 Å². The first-order valence-electron chi connectivity index (χ1n) is 13.0. The van der Waals surface area contributed by atoms with Gasteiger partial charge in [-0.15, -0.1) is 0 Å². The van der Waals surface area contributed by atoms with Gasteiger partial charge in [0.25, 0.3) is 0 Å². The van der Waals surface area contributed by atoms with Crippen molar-refractivity contribution < 1.29 is 4.74 Å². The summed E-state index contributed by atoms with van der Waals surface area (Å²) in [7, 11) is 1.91. The summed E-state index contributed by atoms with van der Waals surface area (Å²) in [5.74, 6) is 5.63. The smallest absolute Gasteiger partial charge is 0.0608 e. The van der Waals surface area contributed by atoms with Crippen molar-refractivity contribution in [3.8, 4) is 0 Å². The van der Waals surface area contributed by atoms with E-state index in [4.69, 9.17) is 4.74 Å². The minimum absolute atomic E-state index is 0.472. The van der Waals surface area contributed by atoms with Crippen molar-refractivity contribution in [2.45, 2.75) is 111 Å². The van der Waals surface area contributed by atoms with Crippen LogP contribution >= 0.6 is 0 Å². The molecule has 0 bridgehead atoms. The van der Waals surface area contributed by atoms with Crippen LogP contribution in [-0.4, -0.2) is 13.2 Å². The van der Waals surface area contributed by atoms with E-state index in [9.17, 15) is 0 Å². The van der Waals surface area contributed by atoms with E-state index in [-0.39, 0.29) is 0 Å². The third-order valence-electron chi connectivity index (χ3n) is 10.6. The number of rotatable bonds is 6. The third-order valence-corrected chi connectivity index (χ3v) is 10.6. The molecule has 8 atom stereocenters. The second-order valence-electron chi connectivity index (χ2n) is 12.4. The van der Waals surface area contributed by atoms with Crippen LogP contribution in [0.3, 0.4) is 0 Å². The topological polar surface area (TPSA) is 9.23 Å².